The minimum absolute atomic E-state index is 0.0544. The molecule has 1 unspecified atom stereocenters. The molecule has 20 heavy (non-hydrogen) atoms. The minimum Gasteiger partial charge on any atom is -0.480 e. The van der Waals surface area contributed by atoms with Crippen molar-refractivity contribution < 1.29 is 14.7 Å². The van der Waals surface area contributed by atoms with Gasteiger partial charge in [0.2, 0.25) is 5.91 Å². The van der Waals surface area contributed by atoms with Gasteiger partial charge in [-0.2, -0.15) is 0 Å². The summed E-state index contributed by atoms with van der Waals surface area (Å²) in [5.41, 5.74) is 0.643. The molecule has 0 radical (unpaired) electrons. The number of carboxylic acids is 1. The number of amides is 1. The quantitative estimate of drug-likeness (QED) is 0.758. The van der Waals surface area contributed by atoms with E-state index in [0.717, 1.165) is 19.3 Å². The van der Waals surface area contributed by atoms with Crippen molar-refractivity contribution in [2.24, 2.45) is 11.3 Å². The first-order valence-electron chi connectivity index (χ1n) is 6.90. The molecule has 0 saturated heterocycles. The van der Waals surface area contributed by atoms with Crippen LogP contribution in [0.3, 0.4) is 0 Å². The lowest BCUT2D eigenvalue weighted by Gasteiger charge is -2.27. The summed E-state index contributed by atoms with van der Waals surface area (Å²) in [7, 11) is 0. The van der Waals surface area contributed by atoms with Crippen LogP contribution in [0.25, 0.3) is 0 Å². The van der Waals surface area contributed by atoms with Gasteiger partial charge in [-0.15, -0.1) is 0 Å². The van der Waals surface area contributed by atoms with Crippen LogP contribution in [-0.4, -0.2) is 33.0 Å². The first-order valence-corrected chi connectivity index (χ1v) is 6.90. The molecule has 2 atom stereocenters. The number of aliphatic carboxylic acids is 1. The minimum atomic E-state index is -1.02. The third-order valence-electron chi connectivity index (χ3n) is 4.17. The Morgan fingerprint density at radius 1 is 1.60 bits per heavy atom. The largest absolute Gasteiger partial charge is 0.480 e. The number of H-pyrrole nitrogens is 1. The number of hydrogen-bond acceptors (Lipinski definition) is 3. The highest BCUT2D eigenvalue weighted by atomic mass is 16.4. The Morgan fingerprint density at radius 3 is 2.85 bits per heavy atom. The van der Waals surface area contributed by atoms with Crippen molar-refractivity contribution in [2.75, 3.05) is 0 Å². The van der Waals surface area contributed by atoms with Crippen LogP contribution in [0.1, 0.15) is 38.8 Å². The molecule has 1 aliphatic carbocycles. The average Bonchev–Trinajstić information content (AvgIpc) is 2.97. The number of rotatable bonds is 5. The van der Waals surface area contributed by atoms with E-state index in [1.807, 2.05) is 0 Å². The SMILES string of the molecule is CC1(C)CCCC1C(=O)N[C@H](Cc1cnc[nH]1)C(=O)O. The molecular weight excluding hydrogens is 258 g/mol. The lowest BCUT2D eigenvalue weighted by molar-refractivity contribution is -0.143. The van der Waals surface area contributed by atoms with Gasteiger partial charge >= 0.3 is 5.97 Å². The van der Waals surface area contributed by atoms with Crippen LogP contribution in [0.4, 0.5) is 0 Å². The van der Waals surface area contributed by atoms with Gasteiger partial charge in [0.1, 0.15) is 6.04 Å². The van der Waals surface area contributed by atoms with Crippen molar-refractivity contribution in [3.63, 3.8) is 0 Å². The molecule has 0 aliphatic heterocycles. The highest BCUT2D eigenvalue weighted by Gasteiger charge is 2.40. The van der Waals surface area contributed by atoms with Crippen LogP contribution in [0.15, 0.2) is 12.5 Å². The molecule has 6 heteroatoms. The fourth-order valence-corrected chi connectivity index (χ4v) is 2.90. The Hall–Kier alpha value is -1.85. The number of nitrogens with one attached hydrogen (secondary N) is 2. The molecule has 1 aromatic rings. The molecule has 3 N–H and O–H groups in total. The van der Waals surface area contributed by atoms with Crippen molar-refractivity contribution in [2.45, 2.75) is 45.6 Å². The first kappa shape index (κ1) is 14.6. The van der Waals surface area contributed by atoms with Gasteiger partial charge in [0.25, 0.3) is 0 Å². The number of aromatic amines is 1. The Kier molecular flexibility index (Phi) is 4.11. The van der Waals surface area contributed by atoms with Gasteiger partial charge in [0, 0.05) is 24.2 Å². The van der Waals surface area contributed by atoms with E-state index in [0.29, 0.717) is 5.69 Å². The van der Waals surface area contributed by atoms with Gasteiger partial charge in [0.15, 0.2) is 0 Å². The zero-order valence-corrected chi connectivity index (χ0v) is 11.8. The molecule has 1 aromatic heterocycles. The average molecular weight is 279 g/mol. The van der Waals surface area contributed by atoms with Gasteiger partial charge in [-0.3, -0.25) is 4.79 Å². The summed E-state index contributed by atoms with van der Waals surface area (Å²) in [6.07, 6.45) is 6.13. The van der Waals surface area contributed by atoms with E-state index in [-0.39, 0.29) is 23.7 Å². The number of imidazole rings is 1. The Morgan fingerprint density at radius 2 is 2.35 bits per heavy atom. The molecule has 110 valence electrons. The fraction of sp³-hybridized carbons (Fsp3) is 0.643. The van der Waals surface area contributed by atoms with Crippen molar-refractivity contribution in [1.29, 1.82) is 0 Å². The van der Waals surface area contributed by atoms with Crippen LogP contribution in [0.5, 0.6) is 0 Å². The summed E-state index contributed by atoms with van der Waals surface area (Å²) in [6, 6.07) is -0.917. The van der Waals surface area contributed by atoms with E-state index in [2.05, 4.69) is 29.1 Å². The number of nitrogens with zero attached hydrogens (tertiary/aromatic N) is 1. The highest BCUT2D eigenvalue weighted by Crippen LogP contribution is 2.42. The van der Waals surface area contributed by atoms with Gasteiger partial charge in [0.05, 0.1) is 6.33 Å². The summed E-state index contributed by atoms with van der Waals surface area (Å²) >= 11 is 0. The predicted molar refractivity (Wildman–Crippen MR) is 73.0 cm³/mol. The second-order valence-corrected chi connectivity index (χ2v) is 6.11. The fourth-order valence-electron chi connectivity index (χ4n) is 2.90. The predicted octanol–water partition coefficient (Wildman–Crippen LogP) is 1.35. The lowest BCUT2D eigenvalue weighted by atomic mass is 9.81. The molecule has 2 rings (SSSR count). The maximum Gasteiger partial charge on any atom is 0.326 e. The van der Waals surface area contributed by atoms with Crippen LogP contribution in [-0.2, 0) is 16.0 Å². The van der Waals surface area contributed by atoms with Gasteiger partial charge < -0.3 is 15.4 Å². The smallest absolute Gasteiger partial charge is 0.326 e. The zero-order valence-electron chi connectivity index (χ0n) is 11.8. The van der Waals surface area contributed by atoms with Crippen molar-refractivity contribution in [3.8, 4) is 0 Å². The van der Waals surface area contributed by atoms with E-state index in [9.17, 15) is 14.7 Å². The standard InChI is InChI=1S/C14H21N3O3/c1-14(2)5-3-4-10(14)12(18)17-11(13(19)20)6-9-7-15-8-16-9/h7-8,10-11H,3-6H2,1-2H3,(H,15,16)(H,17,18)(H,19,20)/t10?,11-/m1/s1. The first-order chi connectivity index (χ1) is 9.40. The summed E-state index contributed by atoms with van der Waals surface area (Å²) < 4.78 is 0. The molecule has 0 aromatic carbocycles. The third-order valence-corrected chi connectivity index (χ3v) is 4.17. The molecular formula is C14H21N3O3. The van der Waals surface area contributed by atoms with Crippen molar-refractivity contribution in [3.05, 3.63) is 18.2 Å². The van der Waals surface area contributed by atoms with E-state index in [1.165, 1.54) is 6.33 Å². The maximum absolute atomic E-state index is 12.3. The van der Waals surface area contributed by atoms with Gasteiger partial charge in [-0.25, -0.2) is 9.78 Å². The summed E-state index contributed by atoms with van der Waals surface area (Å²) in [4.78, 5) is 30.3. The second-order valence-electron chi connectivity index (χ2n) is 6.11. The molecule has 1 amide bonds. The van der Waals surface area contributed by atoms with Gasteiger partial charge in [-0.1, -0.05) is 20.3 Å². The third kappa shape index (κ3) is 3.18. The second kappa shape index (κ2) is 5.64. The van der Waals surface area contributed by atoms with Crippen LogP contribution < -0.4 is 5.32 Å². The van der Waals surface area contributed by atoms with Crippen molar-refractivity contribution in [1.82, 2.24) is 15.3 Å². The highest BCUT2D eigenvalue weighted by molar-refractivity contribution is 5.85. The number of carboxylic acid groups (broad SMARTS) is 1. The monoisotopic (exact) mass is 279 g/mol. The molecule has 6 nitrogen and oxygen atoms in total. The molecule has 1 aliphatic rings. The number of carbonyl (C=O) groups is 2. The van der Waals surface area contributed by atoms with E-state index in [4.69, 9.17) is 0 Å². The maximum atomic E-state index is 12.3. The normalized spacial score (nSPS) is 22.4. The molecule has 0 bridgehead atoms. The molecule has 1 heterocycles. The molecule has 1 fully saturated rings. The zero-order chi connectivity index (χ0) is 14.8. The van der Waals surface area contributed by atoms with Crippen LogP contribution in [0, 0.1) is 11.3 Å². The van der Waals surface area contributed by atoms with Crippen LogP contribution in [0.2, 0.25) is 0 Å². The van der Waals surface area contributed by atoms with E-state index < -0.39 is 12.0 Å². The Bertz CT molecular complexity index is 482. The molecule has 0 spiro atoms. The summed E-state index contributed by atoms with van der Waals surface area (Å²) in [5, 5.41) is 11.9. The van der Waals surface area contributed by atoms with Gasteiger partial charge in [-0.05, 0) is 18.3 Å². The van der Waals surface area contributed by atoms with Crippen molar-refractivity contribution >= 4 is 11.9 Å². The topological polar surface area (TPSA) is 95.1 Å². The Labute approximate surface area is 118 Å². The summed E-state index contributed by atoms with van der Waals surface area (Å²) in [6.45, 7) is 4.13. The van der Waals surface area contributed by atoms with E-state index >= 15 is 0 Å². The lowest BCUT2D eigenvalue weighted by Crippen LogP contribution is -2.46. The number of carbonyl (C=O) groups excluding carboxylic acids is 1. The Balaban J connectivity index is 2.01. The molecule has 1 saturated carbocycles. The van der Waals surface area contributed by atoms with Crippen LogP contribution >= 0.6 is 0 Å². The van der Waals surface area contributed by atoms with E-state index in [1.54, 1.807) is 6.20 Å². The summed E-state index contributed by atoms with van der Waals surface area (Å²) in [5.74, 6) is -1.28. The number of hydrogen-bond donors (Lipinski definition) is 3. The number of aromatic nitrogens is 2.